The molecule has 0 aliphatic rings. The van der Waals surface area contributed by atoms with E-state index in [1.807, 2.05) is 44.2 Å². The van der Waals surface area contributed by atoms with Crippen molar-refractivity contribution in [1.82, 2.24) is 9.78 Å². The van der Waals surface area contributed by atoms with Crippen LogP contribution in [0.1, 0.15) is 28.7 Å². The molecule has 1 aromatic carbocycles. The second kappa shape index (κ2) is 6.76. The molecular formula is C19H19N3O3. The van der Waals surface area contributed by atoms with Crippen molar-refractivity contribution in [2.45, 2.75) is 27.3 Å². The van der Waals surface area contributed by atoms with Crippen LogP contribution in [-0.2, 0) is 6.54 Å². The minimum atomic E-state index is -0.363. The number of carbonyl (C=O) groups is 1. The van der Waals surface area contributed by atoms with Gasteiger partial charge in [0.1, 0.15) is 17.2 Å². The molecule has 1 N–H and O–H groups in total. The van der Waals surface area contributed by atoms with Crippen molar-refractivity contribution in [2.24, 2.45) is 0 Å². The van der Waals surface area contributed by atoms with Crippen LogP contribution in [0, 0.1) is 13.8 Å². The zero-order valence-electron chi connectivity index (χ0n) is 14.4. The van der Waals surface area contributed by atoms with Crippen LogP contribution in [0.5, 0.6) is 0 Å². The number of amides is 1. The van der Waals surface area contributed by atoms with E-state index in [0.717, 1.165) is 22.6 Å². The highest BCUT2D eigenvalue weighted by atomic mass is 16.3. The summed E-state index contributed by atoms with van der Waals surface area (Å²) in [4.78, 5) is 24.1. The van der Waals surface area contributed by atoms with Gasteiger partial charge in [-0.15, -0.1) is 0 Å². The molecule has 0 radical (unpaired) electrons. The summed E-state index contributed by atoms with van der Waals surface area (Å²) in [5.74, 6) is 1.20. The Hall–Kier alpha value is -3.15. The summed E-state index contributed by atoms with van der Waals surface area (Å²) in [5, 5.41) is 6.93. The molecule has 0 aliphatic carbocycles. The maximum absolute atomic E-state index is 12.5. The van der Waals surface area contributed by atoms with Crippen LogP contribution < -0.4 is 10.9 Å². The summed E-state index contributed by atoms with van der Waals surface area (Å²) in [5.41, 5.74) is 2.43. The topological polar surface area (TPSA) is 77.1 Å². The van der Waals surface area contributed by atoms with Crippen LogP contribution in [0.3, 0.4) is 0 Å². The molecular weight excluding hydrogens is 318 g/mol. The summed E-state index contributed by atoms with van der Waals surface area (Å²) < 4.78 is 6.89. The van der Waals surface area contributed by atoms with Gasteiger partial charge in [0.25, 0.3) is 11.5 Å². The standard InChI is InChI=1S/C19H19N3O3/c1-4-22-18(23)10-8-15(21-22)19(24)20-16-11-14(7-5-12(16)2)17-9-6-13(3)25-17/h5-11H,4H2,1-3H3,(H,20,24). The zero-order valence-corrected chi connectivity index (χ0v) is 14.4. The number of hydrogen-bond acceptors (Lipinski definition) is 4. The van der Waals surface area contributed by atoms with Crippen molar-refractivity contribution in [3.63, 3.8) is 0 Å². The largest absolute Gasteiger partial charge is 0.461 e. The number of nitrogens with zero attached hydrogens (tertiary/aromatic N) is 2. The molecule has 3 aromatic rings. The van der Waals surface area contributed by atoms with Gasteiger partial charge < -0.3 is 9.73 Å². The molecule has 0 atom stereocenters. The van der Waals surface area contributed by atoms with Crippen molar-refractivity contribution >= 4 is 11.6 Å². The fraction of sp³-hybridized carbons (Fsp3) is 0.211. The maximum atomic E-state index is 12.5. The van der Waals surface area contributed by atoms with Crippen LogP contribution in [0.15, 0.2) is 51.7 Å². The van der Waals surface area contributed by atoms with Crippen LogP contribution >= 0.6 is 0 Å². The van der Waals surface area contributed by atoms with E-state index in [1.165, 1.54) is 16.8 Å². The molecule has 0 bridgehead atoms. The molecule has 3 rings (SSSR count). The van der Waals surface area contributed by atoms with Crippen molar-refractivity contribution in [3.8, 4) is 11.3 Å². The van der Waals surface area contributed by atoms with Gasteiger partial charge in [-0.25, -0.2) is 4.68 Å². The molecule has 0 saturated heterocycles. The first-order valence-electron chi connectivity index (χ1n) is 8.05. The lowest BCUT2D eigenvalue weighted by atomic mass is 10.1. The lowest BCUT2D eigenvalue weighted by Crippen LogP contribution is -2.25. The molecule has 6 heteroatoms. The van der Waals surface area contributed by atoms with E-state index in [-0.39, 0.29) is 17.2 Å². The second-order valence-corrected chi connectivity index (χ2v) is 5.77. The number of anilines is 1. The predicted octanol–water partition coefficient (Wildman–Crippen LogP) is 3.39. The summed E-state index contributed by atoms with van der Waals surface area (Å²) in [7, 11) is 0. The quantitative estimate of drug-likeness (QED) is 0.791. The van der Waals surface area contributed by atoms with Crippen LogP contribution in [0.2, 0.25) is 0 Å². The molecule has 6 nitrogen and oxygen atoms in total. The fourth-order valence-corrected chi connectivity index (χ4v) is 2.48. The Kier molecular flexibility index (Phi) is 4.52. The molecule has 0 saturated carbocycles. The van der Waals surface area contributed by atoms with Gasteiger partial charge in [0.15, 0.2) is 0 Å². The van der Waals surface area contributed by atoms with Crippen LogP contribution in [0.4, 0.5) is 5.69 Å². The van der Waals surface area contributed by atoms with E-state index in [0.29, 0.717) is 12.2 Å². The highest BCUT2D eigenvalue weighted by molar-refractivity contribution is 6.03. The number of furan rings is 1. The third kappa shape index (κ3) is 3.52. The summed E-state index contributed by atoms with van der Waals surface area (Å²) in [6, 6.07) is 12.3. The van der Waals surface area contributed by atoms with Crippen molar-refractivity contribution in [3.05, 3.63) is 69.8 Å². The van der Waals surface area contributed by atoms with Gasteiger partial charge in [-0.3, -0.25) is 9.59 Å². The Morgan fingerprint density at radius 2 is 1.96 bits per heavy atom. The number of nitrogens with one attached hydrogen (secondary N) is 1. The van der Waals surface area contributed by atoms with Gasteiger partial charge >= 0.3 is 0 Å². The average Bonchev–Trinajstić information content (AvgIpc) is 3.03. The second-order valence-electron chi connectivity index (χ2n) is 5.77. The predicted molar refractivity (Wildman–Crippen MR) is 95.7 cm³/mol. The maximum Gasteiger partial charge on any atom is 0.276 e. The smallest absolute Gasteiger partial charge is 0.276 e. The molecule has 1 amide bonds. The van der Waals surface area contributed by atoms with Gasteiger partial charge in [-0.1, -0.05) is 12.1 Å². The third-order valence-corrected chi connectivity index (χ3v) is 3.91. The molecule has 25 heavy (non-hydrogen) atoms. The summed E-state index contributed by atoms with van der Waals surface area (Å²) in [6.07, 6.45) is 0. The molecule has 2 aromatic heterocycles. The van der Waals surface area contributed by atoms with E-state index in [2.05, 4.69) is 10.4 Å². The lowest BCUT2D eigenvalue weighted by Gasteiger charge is -2.10. The first-order valence-corrected chi connectivity index (χ1v) is 8.05. The average molecular weight is 337 g/mol. The van der Waals surface area contributed by atoms with Crippen molar-refractivity contribution < 1.29 is 9.21 Å². The van der Waals surface area contributed by atoms with Gasteiger partial charge in [-0.2, -0.15) is 5.10 Å². The number of aryl methyl sites for hydroxylation is 3. The first kappa shape index (κ1) is 16.7. The van der Waals surface area contributed by atoms with Crippen LogP contribution in [0.25, 0.3) is 11.3 Å². The summed E-state index contributed by atoms with van der Waals surface area (Å²) in [6.45, 7) is 6.00. The van der Waals surface area contributed by atoms with E-state index in [9.17, 15) is 9.59 Å². The number of benzene rings is 1. The molecule has 0 fully saturated rings. The summed E-state index contributed by atoms with van der Waals surface area (Å²) >= 11 is 0. The number of carbonyl (C=O) groups excluding carboxylic acids is 1. The number of rotatable bonds is 4. The minimum absolute atomic E-state index is 0.195. The molecule has 0 spiro atoms. The van der Waals surface area contributed by atoms with Crippen molar-refractivity contribution in [2.75, 3.05) is 5.32 Å². The monoisotopic (exact) mass is 337 g/mol. The SMILES string of the molecule is CCn1nc(C(=O)Nc2cc(-c3ccc(C)o3)ccc2C)ccc1=O. The minimum Gasteiger partial charge on any atom is -0.461 e. The van der Waals surface area contributed by atoms with Crippen LogP contribution in [-0.4, -0.2) is 15.7 Å². The Labute approximate surface area is 145 Å². The zero-order chi connectivity index (χ0) is 18.0. The van der Waals surface area contributed by atoms with E-state index >= 15 is 0 Å². The number of hydrogen-bond donors (Lipinski definition) is 1. The Morgan fingerprint density at radius 3 is 2.64 bits per heavy atom. The molecule has 128 valence electrons. The third-order valence-electron chi connectivity index (χ3n) is 3.91. The lowest BCUT2D eigenvalue weighted by molar-refractivity contribution is 0.102. The molecule has 2 heterocycles. The van der Waals surface area contributed by atoms with Gasteiger partial charge in [0.2, 0.25) is 0 Å². The highest BCUT2D eigenvalue weighted by Crippen LogP contribution is 2.27. The Morgan fingerprint density at radius 1 is 1.16 bits per heavy atom. The first-order chi connectivity index (χ1) is 12.0. The van der Waals surface area contributed by atoms with E-state index in [4.69, 9.17) is 4.42 Å². The fourth-order valence-electron chi connectivity index (χ4n) is 2.48. The van der Waals surface area contributed by atoms with Gasteiger partial charge in [0, 0.05) is 23.9 Å². The van der Waals surface area contributed by atoms with E-state index < -0.39 is 0 Å². The normalized spacial score (nSPS) is 10.7. The molecule has 0 aliphatic heterocycles. The Bertz CT molecular complexity index is 986. The Balaban J connectivity index is 1.89. The van der Waals surface area contributed by atoms with Gasteiger partial charge in [0.05, 0.1) is 0 Å². The number of aromatic nitrogens is 2. The van der Waals surface area contributed by atoms with E-state index in [1.54, 1.807) is 6.92 Å². The molecule has 0 unspecified atom stereocenters. The highest BCUT2D eigenvalue weighted by Gasteiger charge is 2.12. The van der Waals surface area contributed by atoms with Crippen molar-refractivity contribution in [1.29, 1.82) is 0 Å². The van der Waals surface area contributed by atoms with Gasteiger partial charge in [-0.05, 0) is 50.6 Å².